The molecular weight excluding hydrogens is 268 g/mol. The first-order valence-corrected chi connectivity index (χ1v) is 8.20. The summed E-state index contributed by atoms with van der Waals surface area (Å²) in [5, 5.41) is 6.51. The third-order valence-corrected chi connectivity index (χ3v) is 4.42. The first-order valence-electron chi connectivity index (χ1n) is 7.22. The van der Waals surface area contributed by atoms with E-state index in [0.717, 1.165) is 18.7 Å². The Morgan fingerprint density at radius 1 is 1.35 bits per heavy atom. The van der Waals surface area contributed by atoms with Crippen molar-refractivity contribution in [2.24, 2.45) is 0 Å². The van der Waals surface area contributed by atoms with Gasteiger partial charge in [-0.25, -0.2) is 0 Å². The molecule has 2 N–H and O–H groups in total. The molecular formula is C16H24N2OS. The normalized spacial score (nSPS) is 18.4. The lowest BCUT2D eigenvalue weighted by Crippen LogP contribution is -2.39. The van der Waals surface area contributed by atoms with Gasteiger partial charge in [-0.3, -0.25) is 4.79 Å². The molecule has 0 fully saturated rings. The highest BCUT2D eigenvalue weighted by Crippen LogP contribution is 2.35. The number of rotatable bonds is 4. The zero-order valence-corrected chi connectivity index (χ0v) is 13.3. The van der Waals surface area contributed by atoms with Gasteiger partial charge in [-0.2, -0.15) is 0 Å². The summed E-state index contributed by atoms with van der Waals surface area (Å²) >= 11 is 1.88. The van der Waals surface area contributed by atoms with Gasteiger partial charge in [-0.15, -0.1) is 11.8 Å². The van der Waals surface area contributed by atoms with E-state index in [1.54, 1.807) is 0 Å². The van der Waals surface area contributed by atoms with Crippen molar-refractivity contribution in [3.8, 4) is 0 Å². The minimum Gasteiger partial charge on any atom is -0.349 e. The zero-order valence-electron chi connectivity index (χ0n) is 12.5. The van der Waals surface area contributed by atoms with Crippen molar-refractivity contribution in [2.75, 3.05) is 12.3 Å². The molecule has 3 nitrogen and oxygen atoms in total. The Morgan fingerprint density at radius 3 is 2.85 bits per heavy atom. The molecule has 0 bridgehead atoms. The largest absolute Gasteiger partial charge is 0.349 e. The van der Waals surface area contributed by atoms with Crippen molar-refractivity contribution >= 4 is 17.7 Å². The molecule has 1 aromatic carbocycles. The third-order valence-electron chi connectivity index (χ3n) is 3.30. The van der Waals surface area contributed by atoms with E-state index >= 15 is 0 Å². The highest BCUT2D eigenvalue weighted by Gasteiger charge is 2.21. The maximum atomic E-state index is 12.0. The SMILES string of the molecule is CC(C)(C)NCCC(=O)NC1CCSc2ccccc21. The van der Waals surface area contributed by atoms with E-state index in [9.17, 15) is 4.79 Å². The Labute approximate surface area is 125 Å². The number of amides is 1. The van der Waals surface area contributed by atoms with Crippen molar-refractivity contribution in [1.29, 1.82) is 0 Å². The summed E-state index contributed by atoms with van der Waals surface area (Å²) in [7, 11) is 0. The fourth-order valence-electron chi connectivity index (χ4n) is 2.31. The van der Waals surface area contributed by atoms with Crippen molar-refractivity contribution in [3.63, 3.8) is 0 Å². The molecule has 110 valence electrons. The predicted octanol–water partition coefficient (Wildman–Crippen LogP) is 3.12. The van der Waals surface area contributed by atoms with E-state index in [2.05, 4.69) is 49.6 Å². The number of fused-ring (bicyclic) bond motifs is 1. The van der Waals surface area contributed by atoms with Gasteiger partial charge in [-0.05, 0) is 38.8 Å². The van der Waals surface area contributed by atoms with Crippen LogP contribution < -0.4 is 10.6 Å². The number of hydrogen-bond donors (Lipinski definition) is 2. The van der Waals surface area contributed by atoms with Gasteiger partial charge in [0.25, 0.3) is 0 Å². The number of thioether (sulfide) groups is 1. The van der Waals surface area contributed by atoms with Gasteiger partial charge in [0, 0.05) is 29.2 Å². The maximum absolute atomic E-state index is 12.0. The van der Waals surface area contributed by atoms with Gasteiger partial charge in [0.2, 0.25) is 5.91 Å². The van der Waals surface area contributed by atoms with Crippen LogP contribution >= 0.6 is 11.8 Å². The fourth-order valence-corrected chi connectivity index (χ4v) is 3.43. The van der Waals surface area contributed by atoms with Crippen LogP contribution in [0.3, 0.4) is 0 Å². The Kier molecular flexibility index (Phi) is 5.11. The molecule has 1 aromatic rings. The molecule has 1 aliphatic heterocycles. The lowest BCUT2D eigenvalue weighted by molar-refractivity contribution is -0.121. The second kappa shape index (κ2) is 6.64. The standard InChI is InChI=1S/C16H24N2OS/c1-16(2,3)17-10-8-15(19)18-13-9-11-20-14-7-5-4-6-12(13)14/h4-7,13,17H,8-11H2,1-3H3,(H,18,19). The molecule has 1 heterocycles. The van der Waals surface area contributed by atoms with Crippen LogP contribution in [0, 0.1) is 0 Å². The average molecular weight is 292 g/mol. The highest BCUT2D eigenvalue weighted by atomic mass is 32.2. The smallest absolute Gasteiger partial charge is 0.221 e. The van der Waals surface area contributed by atoms with Gasteiger partial charge in [-0.1, -0.05) is 18.2 Å². The average Bonchev–Trinajstić information content (AvgIpc) is 2.37. The second-order valence-corrected chi connectivity index (χ2v) is 7.36. The van der Waals surface area contributed by atoms with E-state index in [1.807, 2.05) is 17.8 Å². The summed E-state index contributed by atoms with van der Waals surface area (Å²) < 4.78 is 0. The van der Waals surface area contributed by atoms with Gasteiger partial charge >= 0.3 is 0 Å². The molecule has 0 saturated heterocycles. The summed E-state index contributed by atoms with van der Waals surface area (Å²) in [6, 6.07) is 8.54. The number of nitrogens with one attached hydrogen (secondary N) is 2. The topological polar surface area (TPSA) is 41.1 Å². The van der Waals surface area contributed by atoms with E-state index in [0.29, 0.717) is 6.42 Å². The number of hydrogen-bond acceptors (Lipinski definition) is 3. The molecule has 0 aliphatic carbocycles. The third kappa shape index (κ3) is 4.53. The van der Waals surface area contributed by atoms with Crippen LogP contribution in [0.15, 0.2) is 29.2 Å². The van der Waals surface area contributed by atoms with Gasteiger partial charge in [0.05, 0.1) is 6.04 Å². The Morgan fingerprint density at radius 2 is 2.10 bits per heavy atom. The molecule has 2 rings (SSSR count). The minimum absolute atomic E-state index is 0.0638. The summed E-state index contributed by atoms with van der Waals surface area (Å²) in [4.78, 5) is 13.4. The van der Waals surface area contributed by atoms with Crippen LogP contribution in [0.2, 0.25) is 0 Å². The Hall–Kier alpha value is -1.00. The van der Waals surface area contributed by atoms with E-state index in [4.69, 9.17) is 0 Å². The fraction of sp³-hybridized carbons (Fsp3) is 0.562. The second-order valence-electron chi connectivity index (χ2n) is 6.22. The maximum Gasteiger partial charge on any atom is 0.221 e. The molecule has 4 heteroatoms. The zero-order chi connectivity index (χ0) is 14.6. The first-order chi connectivity index (χ1) is 9.46. The van der Waals surface area contributed by atoms with E-state index < -0.39 is 0 Å². The monoisotopic (exact) mass is 292 g/mol. The van der Waals surface area contributed by atoms with E-state index in [-0.39, 0.29) is 17.5 Å². The van der Waals surface area contributed by atoms with Crippen LogP contribution in [-0.2, 0) is 4.79 Å². The van der Waals surface area contributed by atoms with Crippen LogP contribution in [0.4, 0.5) is 0 Å². The molecule has 0 spiro atoms. The molecule has 1 atom stereocenters. The highest BCUT2D eigenvalue weighted by molar-refractivity contribution is 7.99. The molecule has 1 aliphatic rings. The molecule has 0 radical (unpaired) electrons. The summed E-state index contributed by atoms with van der Waals surface area (Å²) in [5.41, 5.74) is 1.33. The van der Waals surface area contributed by atoms with Gasteiger partial charge in [0.1, 0.15) is 0 Å². The molecule has 0 aromatic heterocycles. The molecule has 0 saturated carbocycles. The first kappa shape index (κ1) is 15.4. The van der Waals surface area contributed by atoms with Crippen LogP contribution in [-0.4, -0.2) is 23.7 Å². The molecule has 1 unspecified atom stereocenters. The lowest BCUT2D eigenvalue weighted by atomic mass is 10.0. The van der Waals surface area contributed by atoms with Crippen LogP contribution in [0.25, 0.3) is 0 Å². The Bertz CT molecular complexity index is 468. The summed E-state index contributed by atoms with van der Waals surface area (Å²) in [6.45, 7) is 7.05. The van der Waals surface area contributed by atoms with Crippen LogP contribution in [0.5, 0.6) is 0 Å². The van der Waals surface area contributed by atoms with Gasteiger partial charge in [0.15, 0.2) is 0 Å². The van der Waals surface area contributed by atoms with Crippen molar-refractivity contribution in [3.05, 3.63) is 29.8 Å². The molecule has 1 amide bonds. The number of carbonyl (C=O) groups is 1. The quantitative estimate of drug-likeness (QED) is 0.896. The number of carbonyl (C=O) groups excluding carboxylic acids is 1. The van der Waals surface area contributed by atoms with E-state index in [1.165, 1.54) is 10.5 Å². The van der Waals surface area contributed by atoms with Crippen molar-refractivity contribution < 1.29 is 4.79 Å². The lowest BCUT2D eigenvalue weighted by Gasteiger charge is -2.26. The molecule has 20 heavy (non-hydrogen) atoms. The van der Waals surface area contributed by atoms with Crippen molar-refractivity contribution in [2.45, 2.75) is 50.1 Å². The Balaban J connectivity index is 1.86. The number of benzene rings is 1. The van der Waals surface area contributed by atoms with Crippen molar-refractivity contribution in [1.82, 2.24) is 10.6 Å². The predicted molar refractivity (Wildman–Crippen MR) is 85.0 cm³/mol. The minimum atomic E-state index is 0.0638. The summed E-state index contributed by atoms with van der Waals surface area (Å²) in [5.74, 6) is 1.20. The summed E-state index contributed by atoms with van der Waals surface area (Å²) in [6.07, 6.45) is 1.54. The van der Waals surface area contributed by atoms with Crippen LogP contribution in [0.1, 0.15) is 45.2 Å². The van der Waals surface area contributed by atoms with Gasteiger partial charge < -0.3 is 10.6 Å².